The molecule has 0 aliphatic heterocycles. The van der Waals surface area contributed by atoms with E-state index >= 15 is 0 Å². The fraction of sp³-hybridized carbons (Fsp3) is 0.545. The lowest BCUT2D eigenvalue weighted by atomic mass is 10.2. The number of hydrogen-bond donors (Lipinski definition) is 3. The molecule has 1 aromatic heterocycles. The Kier molecular flexibility index (Phi) is 5.16. The van der Waals surface area contributed by atoms with Crippen LogP contribution in [0.25, 0.3) is 0 Å². The molecule has 0 saturated heterocycles. The van der Waals surface area contributed by atoms with Gasteiger partial charge in [0.25, 0.3) is 0 Å². The van der Waals surface area contributed by atoms with Crippen molar-refractivity contribution in [2.45, 2.75) is 32.4 Å². The fourth-order valence-electron chi connectivity index (χ4n) is 1.50. The second-order valence-corrected chi connectivity index (χ2v) is 4.03. The molecule has 0 unspecified atom stereocenters. The number of amides is 2. The largest absolute Gasteiger partial charge is 0.480 e. The Hall–Kier alpha value is -2.05. The molecule has 100 valence electrons. The molecule has 0 fully saturated rings. The minimum atomic E-state index is -1.02. The van der Waals surface area contributed by atoms with Crippen LogP contribution < -0.4 is 10.6 Å². The van der Waals surface area contributed by atoms with Crippen LogP contribution in [0.5, 0.6) is 0 Å². The molecular formula is C11H18N4O3. The number of carbonyl (C=O) groups excluding carboxylic acids is 1. The molecule has 0 saturated carbocycles. The molecule has 2 amide bonds. The highest BCUT2D eigenvalue weighted by Crippen LogP contribution is 1.98. The Morgan fingerprint density at radius 1 is 1.56 bits per heavy atom. The predicted octanol–water partition coefficient (Wildman–Crippen LogP) is 0.473. The standard InChI is InChI=1S/C11H18N4O3/c1-3-4-9(10(16)17)14-11(18)12-5-8-6-13-15(2)7-8/h6-7,9H,3-5H2,1-2H3,(H,16,17)(H2,12,14,18)/t9-/m0/s1. The number of nitrogens with zero attached hydrogens (tertiary/aromatic N) is 2. The van der Waals surface area contributed by atoms with Crippen LogP contribution in [0, 0.1) is 0 Å². The molecule has 3 N–H and O–H groups in total. The van der Waals surface area contributed by atoms with Crippen molar-refractivity contribution in [2.24, 2.45) is 7.05 Å². The molecular weight excluding hydrogens is 236 g/mol. The molecule has 7 nitrogen and oxygen atoms in total. The number of hydrogen-bond acceptors (Lipinski definition) is 3. The lowest BCUT2D eigenvalue weighted by molar-refractivity contribution is -0.139. The number of carbonyl (C=O) groups is 2. The molecule has 0 aromatic carbocycles. The topological polar surface area (TPSA) is 96.3 Å². The summed E-state index contributed by atoms with van der Waals surface area (Å²) in [6.07, 6.45) is 4.53. The van der Waals surface area contributed by atoms with Crippen molar-refractivity contribution in [3.8, 4) is 0 Å². The summed E-state index contributed by atoms with van der Waals surface area (Å²) in [6.45, 7) is 2.18. The first kappa shape index (κ1) is 14.0. The van der Waals surface area contributed by atoms with Gasteiger partial charge in [-0.2, -0.15) is 5.10 Å². The molecule has 0 bridgehead atoms. The molecule has 1 atom stereocenters. The third-order valence-electron chi connectivity index (χ3n) is 2.39. The van der Waals surface area contributed by atoms with Crippen molar-refractivity contribution in [1.29, 1.82) is 0 Å². The van der Waals surface area contributed by atoms with Crippen LogP contribution in [0.15, 0.2) is 12.4 Å². The van der Waals surface area contributed by atoms with E-state index in [2.05, 4.69) is 15.7 Å². The van der Waals surface area contributed by atoms with Crippen molar-refractivity contribution in [3.63, 3.8) is 0 Å². The van der Waals surface area contributed by atoms with Gasteiger partial charge in [-0.15, -0.1) is 0 Å². The van der Waals surface area contributed by atoms with Gasteiger partial charge in [-0.05, 0) is 6.42 Å². The van der Waals surface area contributed by atoms with E-state index in [0.717, 1.165) is 5.56 Å². The summed E-state index contributed by atoms with van der Waals surface area (Å²) in [5, 5.41) is 17.9. The highest BCUT2D eigenvalue weighted by Gasteiger charge is 2.18. The smallest absolute Gasteiger partial charge is 0.326 e. The number of aliphatic carboxylic acids is 1. The summed E-state index contributed by atoms with van der Waals surface area (Å²) < 4.78 is 1.63. The Bertz CT molecular complexity index is 416. The predicted molar refractivity (Wildman–Crippen MR) is 64.9 cm³/mol. The lowest BCUT2D eigenvalue weighted by Gasteiger charge is -2.13. The Balaban J connectivity index is 2.38. The molecule has 0 radical (unpaired) electrons. The van der Waals surface area contributed by atoms with Crippen molar-refractivity contribution >= 4 is 12.0 Å². The van der Waals surface area contributed by atoms with Crippen molar-refractivity contribution in [1.82, 2.24) is 20.4 Å². The zero-order valence-corrected chi connectivity index (χ0v) is 10.5. The zero-order chi connectivity index (χ0) is 13.5. The summed E-state index contributed by atoms with van der Waals surface area (Å²) in [5.41, 5.74) is 0.856. The van der Waals surface area contributed by atoms with Gasteiger partial charge in [0.2, 0.25) is 0 Å². The van der Waals surface area contributed by atoms with E-state index in [-0.39, 0.29) is 0 Å². The molecule has 1 aromatic rings. The average Bonchev–Trinajstić information content (AvgIpc) is 2.72. The zero-order valence-electron chi connectivity index (χ0n) is 10.5. The summed E-state index contributed by atoms with van der Waals surface area (Å²) >= 11 is 0. The maximum atomic E-state index is 11.5. The second-order valence-electron chi connectivity index (χ2n) is 4.03. The van der Waals surface area contributed by atoms with Crippen LogP contribution in [0.2, 0.25) is 0 Å². The van der Waals surface area contributed by atoms with E-state index in [4.69, 9.17) is 5.11 Å². The monoisotopic (exact) mass is 254 g/mol. The van der Waals surface area contributed by atoms with E-state index in [1.807, 2.05) is 6.92 Å². The van der Waals surface area contributed by atoms with Gasteiger partial charge >= 0.3 is 12.0 Å². The van der Waals surface area contributed by atoms with Gasteiger partial charge in [0.05, 0.1) is 6.20 Å². The molecule has 0 aliphatic rings. The van der Waals surface area contributed by atoms with Crippen LogP contribution in [0.4, 0.5) is 4.79 Å². The number of rotatable bonds is 6. The molecule has 1 rings (SSSR count). The SMILES string of the molecule is CCC[C@H](NC(=O)NCc1cnn(C)c1)C(=O)O. The Morgan fingerprint density at radius 3 is 2.78 bits per heavy atom. The molecule has 18 heavy (non-hydrogen) atoms. The van der Waals surface area contributed by atoms with Crippen LogP contribution in [-0.2, 0) is 18.4 Å². The summed E-state index contributed by atoms with van der Waals surface area (Å²) in [5.74, 6) is -1.02. The van der Waals surface area contributed by atoms with Gasteiger partial charge in [-0.25, -0.2) is 9.59 Å². The first-order valence-electron chi connectivity index (χ1n) is 5.77. The van der Waals surface area contributed by atoms with E-state index in [9.17, 15) is 9.59 Å². The molecule has 0 spiro atoms. The van der Waals surface area contributed by atoms with Crippen LogP contribution in [-0.4, -0.2) is 32.9 Å². The maximum absolute atomic E-state index is 11.5. The van der Waals surface area contributed by atoms with Crippen molar-refractivity contribution < 1.29 is 14.7 Å². The van der Waals surface area contributed by atoms with E-state index in [1.54, 1.807) is 24.1 Å². The molecule has 1 heterocycles. The second kappa shape index (κ2) is 6.63. The van der Waals surface area contributed by atoms with Gasteiger partial charge in [0, 0.05) is 25.4 Å². The molecule has 7 heteroatoms. The highest BCUT2D eigenvalue weighted by molar-refractivity contribution is 5.82. The third kappa shape index (κ3) is 4.44. The quantitative estimate of drug-likeness (QED) is 0.687. The number of aryl methyl sites for hydroxylation is 1. The van der Waals surface area contributed by atoms with E-state index in [0.29, 0.717) is 19.4 Å². The van der Waals surface area contributed by atoms with Crippen molar-refractivity contribution in [3.05, 3.63) is 18.0 Å². The average molecular weight is 254 g/mol. The Labute approximate surface area is 105 Å². The molecule has 0 aliphatic carbocycles. The van der Waals surface area contributed by atoms with Crippen molar-refractivity contribution in [2.75, 3.05) is 0 Å². The number of urea groups is 1. The van der Waals surface area contributed by atoms with Gasteiger partial charge in [-0.3, -0.25) is 4.68 Å². The maximum Gasteiger partial charge on any atom is 0.326 e. The van der Waals surface area contributed by atoms with Gasteiger partial charge in [0.1, 0.15) is 6.04 Å². The summed E-state index contributed by atoms with van der Waals surface area (Å²) in [4.78, 5) is 22.3. The Morgan fingerprint density at radius 2 is 2.28 bits per heavy atom. The lowest BCUT2D eigenvalue weighted by Crippen LogP contribution is -2.45. The minimum absolute atomic E-state index is 0.318. The fourth-order valence-corrected chi connectivity index (χ4v) is 1.50. The van der Waals surface area contributed by atoms with Crippen LogP contribution >= 0.6 is 0 Å². The van der Waals surface area contributed by atoms with Gasteiger partial charge in [0.15, 0.2) is 0 Å². The van der Waals surface area contributed by atoms with Crippen LogP contribution in [0.1, 0.15) is 25.3 Å². The first-order valence-corrected chi connectivity index (χ1v) is 5.77. The third-order valence-corrected chi connectivity index (χ3v) is 2.39. The van der Waals surface area contributed by atoms with E-state index < -0.39 is 18.0 Å². The normalized spacial score (nSPS) is 11.9. The van der Waals surface area contributed by atoms with Crippen LogP contribution in [0.3, 0.4) is 0 Å². The summed E-state index contributed by atoms with van der Waals surface area (Å²) in [6, 6.07) is -1.33. The van der Waals surface area contributed by atoms with E-state index in [1.165, 1.54) is 0 Å². The first-order chi connectivity index (χ1) is 8.52. The minimum Gasteiger partial charge on any atom is -0.480 e. The number of aromatic nitrogens is 2. The summed E-state index contributed by atoms with van der Waals surface area (Å²) in [7, 11) is 1.78. The number of carboxylic acids is 1. The number of carboxylic acid groups (broad SMARTS) is 1. The highest BCUT2D eigenvalue weighted by atomic mass is 16.4. The van der Waals surface area contributed by atoms with Gasteiger partial charge < -0.3 is 15.7 Å². The number of nitrogens with one attached hydrogen (secondary N) is 2. The van der Waals surface area contributed by atoms with Gasteiger partial charge in [-0.1, -0.05) is 13.3 Å².